The van der Waals surface area contributed by atoms with Gasteiger partial charge in [-0.05, 0) is 44.1 Å². The summed E-state index contributed by atoms with van der Waals surface area (Å²) in [5.41, 5.74) is 1.94. The number of hydrogen-bond acceptors (Lipinski definition) is 7. The van der Waals surface area contributed by atoms with Crippen molar-refractivity contribution in [1.82, 2.24) is 0 Å². The maximum absolute atomic E-state index is 12.4. The van der Waals surface area contributed by atoms with Crippen LogP contribution in [0.15, 0.2) is 30.3 Å². The van der Waals surface area contributed by atoms with Gasteiger partial charge in [0.2, 0.25) is 5.91 Å². The van der Waals surface area contributed by atoms with Crippen molar-refractivity contribution >= 4 is 45.9 Å². The van der Waals surface area contributed by atoms with E-state index in [1.165, 1.54) is 5.56 Å². The number of ether oxygens (including phenoxy) is 2. The first-order valence-electron chi connectivity index (χ1n) is 9.87. The molecule has 0 fully saturated rings. The fraction of sp³-hybridized carbons (Fsp3) is 0.409. The van der Waals surface area contributed by atoms with Gasteiger partial charge in [-0.25, -0.2) is 9.59 Å². The van der Waals surface area contributed by atoms with E-state index in [4.69, 9.17) is 9.47 Å². The molecule has 0 unspecified atom stereocenters. The van der Waals surface area contributed by atoms with Crippen LogP contribution in [0.1, 0.15) is 57.8 Å². The lowest BCUT2D eigenvalue weighted by Crippen LogP contribution is -2.14. The number of carbonyl (C=O) groups is 3. The van der Waals surface area contributed by atoms with Crippen molar-refractivity contribution in [3.8, 4) is 0 Å². The second-order valence-electron chi connectivity index (χ2n) is 6.39. The SMILES string of the molecule is CCOC(=O)c1sc(NC(=O)CCCSCc2ccccc2)c(C(=O)OCC)c1C. The van der Waals surface area contributed by atoms with Crippen LogP contribution in [0.5, 0.6) is 0 Å². The highest BCUT2D eigenvalue weighted by atomic mass is 32.2. The molecule has 0 saturated heterocycles. The maximum Gasteiger partial charge on any atom is 0.348 e. The molecule has 30 heavy (non-hydrogen) atoms. The van der Waals surface area contributed by atoms with Gasteiger partial charge in [-0.2, -0.15) is 11.8 Å². The summed E-state index contributed by atoms with van der Waals surface area (Å²) in [7, 11) is 0. The molecule has 162 valence electrons. The van der Waals surface area contributed by atoms with Crippen molar-refractivity contribution in [3.05, 3.63) is 51.9 Å². The van der Waals surface area contributed by atoms with Crippen LogP contribution in [0.2, 0.25) is 0 Å². The number of esters is 2. The number of nitrogens with one attached hydrogen (secondary N) is 1. The van der Waals surface area contributed by atoms with Crippen molar-refractivity contribution in [1.29, 1.82) is 0 Å². The summed E-state index contributed by atoms with van der Waals surface area (Å²) < 4.78 is 10.2. The molecule has 6 nitrogen and oxygen atoms in total. The molecular formula is C22H27NO5S2. The maximum atomic E-state index is 12.4. The minimum absolute atomic E-state index is 0.197. The van der Waals surface area contributed by atoms with E-state index in [9.17, 15) is 14.4 Å². The Morgan fingerprint density at radius 1 is 1.03 bits per heavy atom. The van der Waals surface area contributed by atoms with Crippen LogP contribution in [-0.2, 0) is 20.0 Å². The molecule has 0 spiro atoms. The average Bonchev–Trinajstić information content (AvgIpc) is 3.04. The van der Waals surface area contributed by atoms with E-state index in [-0.39, 0.29) is 24.7 Å². The van der Waals surface area contributed by atoms with Crippen molar-refractivity contribution in [2.24, 2.45) is 0 Å². The number of benzene rings is 1. The normalized spacial score (nSPS) is 10.5. The topological polar surface area (TPSA) is 81.7 Å². The minimum Gasteiger partial charge on any atom is -0.462 e. The molecule has 8 heteroatoms. The molecule has 2 rings (SSSR count). The van der Waals surface area contributed by atoms with E-state index >= 15 is 0 Å². The first-order chi connectivity index (χ1) is 14.5. The zero-order valence-corrected chi connectivity index (χ0v) is 19.1. The highest BCUT2D eigenvalue weighted by Crippen LogP contribution is 2.34. The van der Waals surface area contributed by atoms with Gasteiger partial charge in [0.05, 0.1) is 18.8 Å². The standard InChI is InChI=1S/C22H27NO5S2/c1-4-27-21(25)18-15(3)19(22(26)28-5-2)30-20(18)23-17(24)12-9-13-29-14-16-10-7-6-8-11-16/h6-8,10-11H,4-5,9,12-14H2,1-3H3,(H,23,24). The quantitative estimate of drug-likeness (QED) is 0.381. The average molecular weight is 450 g/mol. The Bertz CT molecular complexity index is 864. The van der Waals surface area contributed by atoms with E-state index in [2.05, 4.69) is 17.4 Å². The molecule has 0 saturated carbocycles. The second kappa shape index (κ2) is 12.4. The van der Waals surface area contributed by atoms with Gasteiger partial charge in [-0.15, -0.1) is 11.3 Å². The van der Waals surface area contributed by atoms with Crippen molar-refractivity contribution in [2.75, 3.05) is 24.3 Å². The van der Waals surface area contributed by atoms with Gasteiger partial charge < -0.3 is 14.8 Å². The lowest BCUT2D eigenvalue weighted by atomic mass is 10.1. The lowest BCUT2D eigenvalue weighted by Gasteiger charge is -2.07. The molecule has 0 aliphatic heterocycles. The van der Waals surface area contributed by atoms with E-state index in [0.717, 1.165) is 22.8 Å². The number of hydrogen-bond donors (Lipinski definition) is 1. The van der Waals surface area contributed by atoms with Crippen LogP contribution in [0.25, 0.3) is 0 Å². The molecule has 1 aromatic heterocycles. The van der Waals surface area contributed by atoms with Crippen molar-refractivity contribution in [2.45, 2.75) is 39.4 Å². The van der Waals surface area contributed by atoms with E-state index < -0.39 is 11.9 Å². The molecule has 1 heterocycles. The summed E-state index contributed by atoms with van der Waals surface area (Å²) in [6.45, 7) is 5.51. The van der Waals surface area contributed by atoms with E-state index in [1.807, 2.05) is 18.2 Å². The van der Waals surface area contributed by atoms with Gasteiger partial charge in [0.1, 0.15) is 9.88 Å². The third-order valence-corrected chi connectivity index (χ3v) is 6.45. The Morgan fingerprint density at radius 3 is 2.37 bits per heavy atom. The number of anilines is 1. The first-order valence-corrected chi connectivity index (χ1v) is 11.8. The Hall–Kier alpha value is -2.32. The highest BCUT2D eigenvalue weighted by Gasteiger charge is 2.27. The molecule has 1 amide bonds. The predicted molar refractivity (Wildman–Crippen MR) is 121 cm³/mol. The molecular weight excluding hydrogens is 422 g/mol. The number of carbonyl (C=O) groups excluding carboxylic acids is 3. The first kappa shape index (κ1) is 24.0. The Balaban J connectivity index is 1.96. The van der Waals surface area contributed by atoms with Crippen LogP contribution >= 0.6 is 23.1 Å². The highest BCUT2D eigenvalue weighted by molar-refractivity contribution is 7.98. The second-order valence-corrected chi connectivity index (χ2v) is 8.52. The summed E-state index contributed by atoms with van der Waals surface area (Å²) >= 11 is 2.82. The Labute approximate surface area is 185 Å². The van der Waals surface area contributed by atoms with E-state index in [0.29, 0.717) is 28.3 Å². The van der Waals surface area contributed by atoms with Gasteiger partial charge in [0.25, 0.3) is 0 Å². The fourth-order valence-corrected chi connectivity index (χ4v) is 4.76. The smallest absolute Gasteiger partial charge is 0.348 e. The summed E-state index contributed by atoms with van der Waals surface area (Å²) in [5.74, 6) is 0.490. The fourth-order valence-electron chi connectivity index (χ4n) is 2.73. The van der Waals surface area contributed by atoms with Crippen LogP contribution in [0.4, 0.5) is 5.00 Å². The van der Waals surface area contributed by atoms with Crippen LogP contribution in [-0.4, -0.2) is 36.8 Å². The summed E-state index contributed by atoms with van der Waals surface area (Å²) in [4.78, 5) is 37.3. The molecule has 0 aliphatic rings. The largest absolute Gasteiger partial charge is 0.462 e. The number of thiophene rings is 1. The number of thioether (sulfide) groups is 1. The van der Waals surface area contributed by atoms with E-state index in [1.54, 1.807) is 32.5 Å². The van der Waals surface area contributed by atoms with Gasteiger partial charge in [0, 0.05) is 12.2 Å². The third-order valence-electron chi connectivity index (χ3n) is 4.14. The van der Waals surface area contributed by atoms with Crippen LogP contribution in [0, 0.1) is 6.92 Å². The Morgan fingerprint density at radius 2 is 1.70 bits per heavy atom. The van der Waals surface area contributed by atoms with Crippen molar-refractivity contribution < 1.29 is 23.9 Å². The third kappa shape index (κ3) is 6.88. The van der Waals surface area contributed by atoms with Crippen LogP contribution < -0.4 is 5.32 Å². The molecule has 0 aliphatic carbocycles. The van der Waals surface area contributed by atoms with Crippen molar-refractivity contribution in [3.63, 3.8) is 0 Å². The molecule has 0 atom stereocenters. The monoisotopic (exact) mass is 449 g/mol. The zero-order valence-electron chi connectivity index (χ0n) is 17.5. The van der Waals surface area contributed by atoms with Crippen LogP contribution in [0.3, 0.4) is 0 Å². The summed E-state index contributed by atoms with van der Waals surface area (Å²) in [6, 6.07) is 10.2. The minimum atomic E-state index is -0.560. The van der Waals surface area contributed by atoms with Gasteiger partial charge in [0.15, 0.2) is 0 Å². The van der Waals surface area contributed by atoms with Gasteiger partial charge in [-0.1, -0.05) is 30.3 Å². The predicted octanol–water partition coefficient (Wildman–Crippen LogP) is 5.06. The zero-order chi connectivity index (χ0) is 21.9. The molecule has 2 aromatic rings. The molecule has 1 aromatic carbocycles. The van der Waals surface area contributed by atoms with Gasteiger partial charge in [-0.3, -0.25) is 4.79 Å². The summed E-state index contributed by atoms with van der Waals surface area (Å²) in [6.07, 6.45) is 1.04. The number of amides is 1. The number of rotatable bonds is 11. The summed E-state index contributed by atoms with van der Waals surface area (Å²) in [5, 5.41) is 3.11. The molecule has 0 radical (unpaired) electrons. The lowest BCUT2D eigenvalue weighted by molar-refractivity contribution is -0.116. The van der Waals surface area contributed by atoms with Gasteiger partial charge >= 0.3 is 11.9 Å². The Kier molecular flexibility index (Phi) is 9.89. The molecule has 1 N–H and O–H groups in total. The molecule has 0 bridgehead atoms.